The summed E-state index contributed by atoms with van der Waals surface area (Å²) < 4.78 is 46.0. The number of benzene rings is 14. The summed E-state index contributed by atoms with van der Waals surface area (Å²) in [7, 11) is 8.63. The van der Waals surface area contributed by atoms with Crippen molar-refractivity contribution in [3.8, 4) is 56.9 Å². The Morgan fingerprint density at radius 3 is 1.22 bits per heavy atom. The molecule has 0 atom stereocenters. The maximum absolute atomic E-state index is 6.13. The molecule has 14 aromatic carbocycles. The minimum absolute atomic E-state index is 0.586. The summed E-state index contributed by atoms with van der Waals surface area (Å²) >= 11 is 11.6. The Labute approximate surface area is 763 Å². The number of rotatable bonds is 7. The van der Waals surface area contributed by atoms with Gasteiger partial charge in [-0.3, -0.25) is 0 Å². The second kappa shape index (κ2) is 30.7. The van der Waals surface area contributed by atoms with E-state index in [2.05, 4.69) is 377 Å². The zero-order valence-electron chi connectivity index (χ0n) is 73.6. The Kier molecular flexibility index (Phi) is 19.0. The van der Waals surface area contributed by atoms with Gasteiger partial charge in [0.2, 0.25) is 0 Å². The van der Waals surface area contributed by atoms with Crippen LogP contribution < -0.4 is 18.4 Å². The van der Waals surface area contributed by atoms with Gasteiger partial charge >= 0.3 is 0 Å². The first-order valence-electron chi connectivity index (χ1n) is 43.4. The molecule has 12 aromatic heterocycles. The fourth-order valence-corrected chi connectivity index (χ4v) is 28.4. The molecule has 0 aliphatic rings. The number of hydrogen-bond donors (Lipinski definition) is 0. The summed E-state index contributed by atoms with van der Waals surface area (Å²) in [5.41, 5.74) is 30.7. The lowest BCUT2D eigenvalue weighted by Crippen LogP contribution is -2.37. The summed E-state index contributed by atoms with van der Waals surface area (Å²) in [6.07, 6.45) is 4.05. The monoisotopic (exact) mass is 1770 g/mol. The minimum atomic E-state index is 0.586. The van der Waals surface area contributed by atoms with Crippen LogP contribution in [-0.4, -0.2) is 18.4 Å². The van der Waals surface area contributed by atoms with Gasteiger partial charge in [-0.15, -0.1) is 77.4 Å². The molecule has 0 aliphatic heterocycles. The lowest BCUT2D eigenvalue weighted by atomic mass is 10.0. The average molecular weight is 1770 g/mol. The molecular formula is C112H90N8O2S6+4. The van der Waals surface area contributed by atoms with Crippen LogP contribution in [0.3, 0.4) is 0 Å². The third-order valence-electron chi connectivity index (χ3n) is 26.3. The van der Waals surface area contributed by atoms with Crippen LogP contribution in [0.25, 0.3) is 212 Å². The van der Waals surface area contributed by atoms with Gasteiger partial charge in [0.1, 0.15) is 22.6 Å². The second-order valence-corrected chi connectivity index (χ2v) is 40.8. The topological polar surface area (TPSA) is 61.5 Å². The molecule has 0 bridgehead atoms. The van der Waals surface area contributed by atoms with E-state index < -0.39 is 0 Å². The van der Waals surface area contributed by atoms with E-state index in [9.17, 15) is 0 Å². The molecule has 16 heteroatoms. The smallest absolute Gasteiger partial charge is 0.299 e. The lowest BCUT2D eigenvalue weighted by Gasteiger charge is -2.11. The number of imidazole rings is 3. The van der Waals surface area contributed by atoms with Crippen LogP contribution >= 0.6 is 68.0 Å². The fourth-order valence-electron chi connectivity index (χ4n) is 20.2. The minimum Gasteiger partial charge on any atom is -0.425 e. The third-order valence-corrected chi connectivity index (χ3v) is 33.8. The number of thiophene rings is 6. The number of nitrogens with zero attached hydrogens (tertiary/aromatic N) is 8. The molecule has 622 valence electrons. The zero-order valence-corrected chi connectivity index (χ0v) is 78.5. The maximum atomic E-state index is 6.13. The second-order valence-electron chi connectivity index (χ2n) is 34.3. The van der Waals surface area contributed by atoms with Crippen LogP contribution in [-0.2, 0) is 28.2 Å². The number of aromatic nitrogens is 8. The first-order chi connectivity index (χ1) is 62.3. The summed E-state index contributed by atoms with van der Waals surface area (Å²) in [5, 5.41) is 12.9. The summed E-state index contributed by atoms with van der Waals surface area (Å²) in [4.78, 5) is 0. The predicted octanol–water partition coefficient (Wildman–Crippen LogP) is 30.1. The van der Waals surface area contributed by atoms with E-state index in [0.29, 0.717) is 5.78 Å². The Bertz CT molecular complexity index is 8910. The van der Waals surface area contributed by atoms with E-state index in [1.165, 1.54) is 223 Å². The van der Waals surface area contributed by atoms with Gasteiger partial charge in [0.15, 0.2) is 57.6 Å². The Balaban J connectivity index is 0.0000000987. The molecule has 128 heavy (non-hydrogen) atoms. The maximum Gasteiger partial charge on any atom is 0.299 e. The van der Waals surface area contributed by atoms with Gasteiger partial charge < -0.3 is 8.83 Å². The van der Waals surface area contributed by atoms with Crippen LogP contribution in [0.1, 0.15) is 55.6 Å². The first kappa shape index (κ1) is 79.2. The molecular weight excluding hydrogens is 1680 g/mol. The molecule has 0 spiro atoms. The predicted molar refractivity (Wildman–Crippen MR) is 546 cm³/mol. The van der Waals surface area contributed by atoms with Gasteiger partial charge in [0.25, 0.3) is 23.3 Å². The quantitative estimate of drug-likeness (QED) is 0.149. The molecule has 0 amide bonds. The van der Waals surface area contributed by atoms with Crippen molar-refractivity contribution in [1.82, 2.24) is 18.4 Å². The average Bonchev–Trinajstić information content (AvgIpc) is 1.56. The highest BCUT2D eigenvalue weighted by Gasteiger charge is 2.35. The van der Waals surface area contributed by atoms with E-state index in [1.807, 2.05) is 116 Å². The first-order valence-corrected chi connectivity index (χ1v) is 48.3. The van der Waals surface area contributed by atoms with Gasteiger partial charge in [-0.2, -0.15) is 13.7 Å². The molecule has 0 saturated heterocycles. The van der Waals surface area contributed by atoms with Crippen molar-refractivity contribution < 1.29 is 27.2 Å². The van der Waals surface area contributed by atoms with Crippen molar-refractivity contribution in [2.45, 2.75) is 69.2 Å². The zero-order chi connectivity index (χ0) is 87.1. The molecule has 0 radical (unpaired) electrons. The molecule has 0 unspecified atom stereocenters. The van der Waals surface area contributed by atoms with Crippen LogP contribution in [0.15, 0.2) is 300 Å². The number of fused-ring (bicyclic) bond motifs is 23. The standard InChI is InChI=1S/3C31H25N2S2.C19H15N2O2/c1-18-10-9-11-19(2)29(18)33-25-14-7-6-13-24(25)32(4)30(33)22-17-27-23(16-20(22)3)28-21-12-5-8-15-26(21)34-31(28)35-27;1-18-10-9-11-19(2)28(18)33-25-14-7-6-13-24(25)32(4)31(33)22-17-27-23(16-20(22)3)30-29(35-27)21-12-5-8-15-26(21)34-30;1-18-16-17-22-28(35-29-21-12-5-8-15-25(21)34-30(22)29)26(18)31-32(4)23-13-6-7-14-24(23)33(31)27-19(2)10-9-11-20(27)3;1-12-8-9-14-16-13-6-3-4-7-15(13)22-19(16)23-18(14)17(12)21-11-5-10-20(21)2/h3*5-17H,1-4H3;3-11H,1-2H3/q4*+1. The Morgan fingerprint density at radius 1 is 0.273 bits per heavy atom. The third kappa shape index (κ3) is 12.3. The number of furan rings is 2. The number of aryl methyl sites for hydroxylation is 14. The van der Waals surface area contributed by atoms with Gasteiger partial charge in [-0.1, -0.05) is 182 Å². The SMILES string of the molecule is Cc1cc2c(cc1-c1n(-c3c(C)cccc3C)c3ccccc3[n+]1C)sc1c3ccccc3sc21.Cc1cc2c(cc1-c1n(-c3c(C)cccc3C)c3ccccc3[n+]1C)sc1sc3ccccc3c12.Cc1ccc2c(oc3oc4ccccc4c32)c1-n1ccc[n+]1C.Cc1cccc(C)c1-n1c(-c2c(C)ccc3c2sc2c4ccccc4sc32)[n+](C)c2ccccc21. The van der Waals surface area contributed by atoms with Crippen molar-refractivity contribution in [3.05, 3.63) is 347 Å². The van der Waals surface area contributed by atoms with Crippen molar-refractivity contribution in [3.63, 3.8) is 0 Å². The molecule has 0 saturated carbocycles. The van der Waals surface area contributed by atoms with Crippen molar-refractivity contribution in [2.24, 2.45) is 28.2 Å². The van der Waals surface area contributed by atoms with Crippen molar-refractivity contribution >= 4 is 223 Å². The Morgan fingerprint density at radius 2 is 0.680 bits per heavy atom. The van der Waals surface area contributed by atoms with Crippen LogP contribution in [0.4, 0.5) is 0 Å². The summed E-state index contributed by atoms with van der Waals surface area (Å²) in [6.45, 7) is 22.2. The van der Waals surface area contributed by atoms with Gasteiger partial charge in [-0.25, -0.2) is 13.7 Å². The van der Waals surface area contributed by atoms with E-state index in [4.69, 9.17) is 8.83 Å². The summed E-state index contributed by atoms with van der Waals surface area (Å²) in [6, 6.07) is 101. The molecule has 26 rings (SSSR count). The van der Waals surface area contributed by atoms with E-state index in [0.717, 1.165) is 38.6 Å². The number of hydrogen-bond acceptors (Lipinski definition) is 8. The van der Waals surface area contributed by atoms with Gasteiger partial charge in [0, 0.05) is 78.0 Å². The molecule has 0 N–H and O–H groups in total. The summed E-state index contributed by atoms with van der Waals surface area (Å²) in [5.74, 6) is 4.28. The van der Waals surface area contributed by atoms with E-state index in [-0.39, 0.29) is 0 Å². The lowest BCUT2D eigenvalue weighted by molar-refractivity contribution is -0.744. The van der Waals surface area contributed by atoms with Crippen LogP contribution in [0, 0.1) is 69.2 Å². The highest BCUT2D eigenvalue weighted by Crippen LogP contribution is 2.52. The van der Waals surface area contributed by atoms with Gasteiger partial charge in [-0.05, 0) is 216 Å². The number of para-hydroxylation sites is 10. The van der Waals surface area contributed by atoms with E-state index in [1.54, 1.807) is 0 Å². The Hall–Kier alpha value is -13.4. The molecule has 0 fully saturated rings. The highest BCUT2D eigenvalue weighted by atomic mass is 32.2. The molecule has 26 aromatic rings. The van der Waals surface area contributed by atoms with Crippen molar-refractivity contribution in [2.75, 3.05) is 0 Å². The molecule has 10 nitrogen and oxygen atoms in total. The van der Waals surface area contributed by atoms with Gasteiger partial charge in [0.05, 0.1) is 76.9 Å². The van der Waals surface area contributed by atoms with Crippen molar-refractivity contribution in [1.29, 1.82) is 0 Å². The van der Waals surface area contributed by atoms with Crippen LogP contribution in [0.2, 0.25) is 0 Å². The molecule has 0 aliphatic carbocycles. The molecule has 12 heterocycles. The van der Waals surface area contributed by atoms with Crippen LogP contribution in [0.5, 0.6) is 0 Å². The normalized spacial score (nSPS) is 12.0. The highest BCUT2D eigenvalue weighted by molar-refractivity contribution is 7.44. The largest absolute Gasteiger partial charge is 0.425 e. The fraction of sp³-hybridized carbons (Fsp3) is 0.125. The van der Waals surface area contributed by atoms with E-state index >= 15 is 0 Å².